The van der Waals surface area contributed by atoms with E-state index in [1.165, 1.54) is 11.1 Å². The number of hydrogen-bond acceptors (Lipinski definition) is 3. The molecule has 20 heavy (non-hydrogen) atoms. The lowest BCUT2D eigenvalue weighted by Gasteiger charge is -2.20. The Morgan fingerprint density at radius 1 is 1.20 bits per heavy atom. The summed E-state index contributed by atoms with van der Waals surface area (Å²) < 4.78 is 5.78. The molecule has 1 aromatic heterocycles. The van der Waals surface area contributed by atoms with Crippen LogP contribution in [0.25, 0.3) is 0 Å². The lowest BCUT2D eigenvalue weighted by molar-refractivity contribution is 0.287. The standard InChI is InChI=1S/C17H22N2O/c1-3-19-17(16-13-18-11-9-14(16)2)10-12-20-15-7-5-4-6-8-15/h4-9,11,13,17,19H,3,10,12H2,1-2H3. The fourth-order valence-corrected chi connectivity index (χ4v) is 2.27. The Hall–Kier alpha value is -1.87. The Kier molecular flexibility index (Phi) is 5.56. The number of hydrogen-bond donors (Lipinski definition) is 1. The molecule has 0 fully saturated rings. The third-order valence-electron chi connectivity index (χ3n) is 3.32. The first-order chi connectivity index (χ1) is 9.81. The second kappa shape index (κ2) is 7.65. The predicted octanol–water partition coefficient (Wildman–Crippen LogP) is 3.51. The maximum atomic E-state index is 5.78. The summed E-state index contributed by atoms with van der Waals surface area (Å²) in [5.74, 6) is 0.922. The van der Waals surface area contributed by atoms with Crippen LogP contribution in [0.2, 0.25) is 0 Å². The van der Waals surface area contributed by atoms with Crippen molar-refractivity contribution >= 4 is 0 Å². The summed E-state index contributed by atoms with van der Waals surface area (Å²) in [6.07, 6.45) is 4.71. The van der Waals surface area contributed by atoms with Crippen molar-refractivity contribution in [1.82, 2.24) is 10.3 Å². The summed E-state index contributed by atoms with van der Waals surface area (Å²) in [6.45, 7) is 5.87. The van der Waals surface area contributed by atoms with Gasteiger partial charge in [-0.1, -0.05) is 25.1 Å². The Bertz CT molecular complexity index is 513. The molecular formula is C17H22N2O. The number of nitrogens with one attached hydrogen (secondary N) is 1. The largest absolute Gasteiger partial charge is 0.494 e. The fourth-order valence-electron chi connectivity index (χ4n) is 2.27. The van der Waals surface area contributed by atoms with Crippen LogP contribution >= 0.6 is 0 Å². The Balaban J connectivity index is 1.95. The minimum Gasteiger partial charge on any atom is -0.494 e. The predicted molar refractivity (Wildman–Crippen MR) is 81.9 cm³/mol. The van der Waals surface area contributed by atoms with Gasteiger partial charge in [-0.2, -0.15) is 0 Å². The van der Waals surface area contributed by atoms with E-state index in [1.54, 1.807) is 0 Å². The first-order valence-electron chi connectivity index (χ1n) is 7.13. The van der Waals surface area contributed by atoms with Crippen molar-refractivity contribution in [1.29, 1.82) is 0 Å². The van der Waals surface area contributed by atoms with Gasteiger partial charge in [0.15, 0.2) is 0 Å². The van der Waals surface area contributed by atoms with E-state index >= 15 is 0 Å². The Labute approximate surface area is 121 Å². The summed E-state index contributed by atoms with van der Waals surface area (Å²) in [7, 11) is 0. The molecule has 0 saturated carbocycles. The Morgan fingerprint density at radius 2 is 2.00 bits per heavy atom. The second-order valence-corrected chi connectivity index (χ2v) is 4.79. The van der Waals surface area contributed by atoms with Crippen molar-refractivity contribution < 1.29 is 4.74 Å². The number of aromatic nitrogens is 1. The molecule has 0 saturated heterocycles. The molecule has 0 aliphatic rings. The lowest BCUT2D eigenvalue weighted by Crippen LogP contribution is -2.23. The van der Waals surface area contributed by atoms with Gasteiger partial charge in [0.2, 0.25) is 0 Å². The van der Waals surface area contributed by atoms with Crippen LogP contribution in [0.3, 0.4) is 0 Å². The van der Waals surface area contributed by atoms with E-state index in [9.17, 15) is 0 Å². The maximum Gasteiger partial charge on any atom is 0.119 e. The molecule has 1 aromatic carbocycles. The normalized spacial score (nSPS) is 12.1. The summed E-state index contributed by atoms with van der Waals surface area (Å²) in [5, 5.41) is 3.51. The van der Waals surface area contributed by atoms with Crippen LogP contribution in [0.1, 0.15) is 30.5 Å². The van der Waals surface area contributed by atoms with E-state index in [-0.39, 0.29) is 6.04 Å². The molecule has 0 aliphatic carbocycles. The maximum absolute atomic E-state index is 5.78. The van der Waals surface area contributed by atoms with Crippen molar-refractivity contribution in [3.8, 4) is 5.75 Å². The average Bonchev–Trinajstić information content (AvgIpc) is 2.48. The van der Waals surface area contributed by atoms with Crippen molar-refractivity contribution in [2.45, 2.75) is 26.3 Å². The molecule has 3 nitrogen and oxygen atoms in total. The van der Waals surface area contributed by atoms with Crippen molar-refractivity contribution in [3.05, 3.63) is 59.9 Å². The van der Waals surface area contributed by atoms with Gasteiger partial charge in [-0.05, 0) is 42.8 Å². The molecule has 3 heteroatoms. The number of nitrogens with zero attached hydrogens (tertiary/aromatic N) is 1. The average molecular weight is 270 g/mol. The van der Waals surface area contributed by atoms with Gasteiger partial charge in [0.25, 0.3) is 0 Å². The topological polar surface area (TPSA) is 34.1 Å². The molecule has 2 rings (SSSR count). The highest BCUT2D eigenvalue weighted by Crippen LogP contribution is 2.20. The van der Waals surface area contributed by atoms with E-state index in [0.29, 0.717) is 6.61 Å². The first kappa shape index (κ1) is 14.5. The Morgan fingerprint density at radius 3 is 2.70 bits per heavy atom. The zero-order chi connectivity index (χ0) is 14.2. The fraction of sp³-hybridized carbons (Fsp3) is 0.353. The zero-order valence-corrected chi connectivity index (χ0v) is 12.2. The molecule has 0 radical (unpaired) electrons. The molecule has 0 spiro atoms. The number of rotatable bonds is 7. The van der Waals surface area contributed by atoms with Gasteiger partial charge in [-0.3, -0.25) is 4.98 Å². The van der Waals surface area contributed by atoms with Crippen LogP contribution in [0, 0.1) is 6.92 Å². The molecule has 1 N–H and O–H groups in total. The highest BCUT2D eigenvalue weighted by molar-refractivity contribution is 5.25. The highest BCUT2D eigenvalue weighted by atomic mass is 16.5. The van der Waals surface area contributed by atoms with Gasteiger partial charge >= 0.3 is 0 Å². The third-order valence-corrected chi connectivity index (χ3v) is 3.32. The van der Waals surface area contributed by atoms with E-state index in [4.69, 9.17) is 4.74 Å². The summed E-state index contributed by atoms with van der Waals surface area (Å²) in [6, 6.07) is 12.3. The molecule has 1 atom stereocenters. The van der Waals surface area contributed by atoms with Gasteiger partial charge in [-0.25, -0.2) is 0 Å². The van der Waals surface area contributed by atoms with E-state index < -0.39 is 0 Å². The molecule has 0 amide bonds. The van der Waals surface area contributed by atoms with E-state index in [0.717, 1.165) is 18.7 Å². The second-order valence-electron chi connectivity index (χ2n) is 4.79. The molecule has 0 aliphatic heterocycles. The summed E-state index contributed by atoms with van der Waals surface area (Å²) >= 11 is 0. The number of para-hydroxylation sites is 1. The zero-order valence-electron chi connectivity index (χ0n) is 12.2. The van der Waals surface area contributed by atoms with Crippen LogP contribution in [-0.4, -0.2) is 18.1 Å². The van der Waals surface area contributed by atoms with Gasteiger partial charge in [0.05, 0.1) is 6.61 Å². The van der Waals surface area contributed by atoms with Gasteiger partial charge < -0.3 is 10.1 Å². The van der Waals surface area contributed by atoms with E-state index in [2.05, 4.69) is 30.2 Å². The minimum absolute atomic E-state index is 0.289. The molecule has 106 valence electrons. The van der Waals surface area contributed by atoms with Crippen LogP contribution < -0.4 is 10.1 Å². The van der Waals surface area contributed by atoms with E-state index in [1.807, 2.05) is 42.7 Å². The molecule has 2 aromatic rings. The van der Waals surface area contributed by atoms with Crippen molar-refractivity contribution in [3.63, 3.8) is 0 Å². The number of benzene rings is 1. The van der Waals surface area contributed by atoms with Crippen molar-refractivity contribution in [2.75, 3.05) is 13.2 Å². The van der Waals surface area contributed by atoms with Gasteiger partial charge in [0, 0.05) is 24.9 Å². The number of pyridine rings is 1. The SMILES string of the molecule is CCNC(CCOc1ccccc1)c1cnccc1C. The molecule has 0 bridgehead atoms. The lowest BCUT2D eigenvalue weighted by atomic mass is 10.0. The monoisotopic (exact) mass is 270 g/mol. The number of ether oxygens (including phenoxy) is 1. The molecule has 1 unspecified atom stereocenters. The molecule has 1 heterocycles. The minimum atomic E-state index is 0.289. The summed E-state index contributed by atoms with van der Waals surface area (Å²) in [4.78, 5) is 4.23. The van der Waals surface area contributed by atoms with Crippen molar-refractivity contribution in [2.24, 2.45) is 0 Å². The number of aryl methyl sites for hydroxylation is 1. The van der Waals surface area contributed by atoms with Gasteiger partial charge in [-0.15, -0.1) is 0 Å². The highest BCUT2D eigenvalue weighted by Gasteiger charge is 2.12. The molecular weight excluding hydrogens is 248 g/mol. The van der Waals surface area contributed by atoms with Crippen LogP contribution in [0.15, 0.2) is 48.8 Å². The van der Waals surface area contributed by atoms with Crippen LogP contribution in [-0.2, 0) is 0 Å². The smallest absolute Gasteiger partial charge is 0.119 e. The van der Waals surface area contributed by atoms with Gasteiger partial charge in [0.1, 0.15) is 5.75 Å². The summed E-state index contributed by atoms with van der Waals surface area (Å²) in [5.41, 5.74) is 2.52. The quantitative estimate of drug-likeness (QED) is 0.836. The third kappa shape index (κ3) is 4.07. The first-order valence-corrected chi connectivity index (χ1v) is 7.13. The van der Waals surface area contributed by atoms with Crippen LogP contribution in [0.5, 0.6) is 5.75 Å². The van der Waals surface area contributed by atoms with Crippen LogP contribution in [0.4, 0.5) is 0 Å².